The normalized spacial score (nSPS) is 19.2. The number of ether oxygens (including phenoxy) is 1. The maximum absolute atomic E-state index is 13.9. The Balaban J connectivity index is 1.61. The summed E-state index contributed by atoms with van der Waals surface area (Å²) in [7, 11) is 1.76. The third-order valence-electron chi connectivity index (χ3n) is 7.53. The van der Waals surface area contributed by atoms with Crippen LogP contribution in [-0.2, 0) is 11.3 Å². The molecule has 3 aromatic carbocycles. The van der Waals surface area contributed by atoms with Gasteiger partial charge in [0.1, 0.15) is 0 Å². The van der Waals surface area contributed by atoms with E-state index in [1.54, 1.807) is 16.8 Å². The quantitative estimate of drug-likeness (QED) is 0.465. The van der Waals surface area contributed by atoms with E-state index in [9.17, 15) is 14.7 Å². The molecule has 3 amide bonds. The topological polar surface area (TPSA) is 82.1 Å². The second-order valence-electron chi connectivity index (χ2n) is 10.5. The summed E-state index contributed by atoms with van der Waals surface area (Å²) in [5.74, 6) is -0.237. The van der Waals surface area contributed by atoms with Crippen LogP contribution in [0.3, 0.4) is 0 Å². The van der Waals surface area contributed by atoms with Gasteiger partial charge in [0.05, 0.1) is 31.4 Å². The molecule has 7 nitrogen and oxygen atoms in total. The minimum absolute atomic E-state index is 0.109. The van der Waals surface area contributed by atoms with Crippen molar-refractivity contribution < 1.29 is 19.4 Å². The maximum atomic E-state index is 13.9. The molecule has 0 saturated heterocycles. The van der Waals surface area contributed by atoms with Crippen LogP contribution in [0.4, 0.5) is 4.79 Å². The van der Waals surface area contributed by atoms with Gasteiger partial charge >= 0.3 is 6.03 Å². The molecule has 1 heterocycles. The van der Waals surface area contributed by atoms with Crippen LogP contribution in [0.1, 0.15) is 48.3 Å². The standard InChI is InChI=1S/C32H39N3O4/c1-22-18-35(23(2)20-36)31(37)29-17-11-10-16-28(29)27-15-9-8-14-26(27)21-39-30(22)19-34(4)32(38)33-24(3)25-12-6-5-7-13-25/h5-17,22-24,30,36H,18-21H2,1-4H3,(H,33,38)/t22-,23-,24+,30+/m1/s1. The second-order valence-corrected chi connectivity index (χ2v) is 10.5. The Bertz CT molecular complexity index is 1270. The summed E-state index contributed by atoms with van der Waals surface area (Å²) < 4.78 is 6.51. The Labute approximate surface area is 231 Å². The molecule has 1 aliphatic heterocycles. The van der Waals surface area contributed by atoms with Crippen molar-refractivity contribution in [1.29, 1.82) is 0 Å². The molecule has 0 saturated carbocycles. The lowest BCUT2D eigenvalue weighted by molar-refractivity contribution is -0.0185. The van der Waals surface area contributed by atoms with E-state index in [4.69, 9.17) is 4.74 Å². The van der Waals surface area contributed by atoms with Gasteiger partial charge in [0, 0.05) is 31.6 Å². The fourth-order valence-electron chi connectivity index (χ4n) is 5.02. The number of hydrogen-bond donors (Lipinski definition) is 2. The van der Waals surface area contributed by atoms with Crippen molar-refractivity contribution in [2.45, 2.75) is 45.6 Å². The number of carbonyl (C=O) groups excluding carboxylic acids is 2. The molecular weight excluding hydrogens is 490 g/mol. The lowest BCUT2D eigenvalue weighted by Gasteiger charge is -2.35. The molecule has 0 unspecified atom stereocenters. The molecule has 39 heavy (non-hydrogen) atoms. The van der Waals surface area contributed by atoms with E-state index in [0.717, 1.165) is 22.3 Å². The zero-order chi connectivity index (χ0) is 27.9. The fourth-order valence-corrected chi connectivity index (χ4v) is 5.02. The third kappa shape index (κ3) is 6.67. The lowest BCUT2D eigenvalue weighted by atomic mass is 9.94. The average Bonchev–Trinajstić information content (AvgIpc) is 2.98. The number of nitrogens with one attached hydrogen (secondary N) is 1. The summed E-state index contributed by atoms with van der Waals surface area (Å²) in [5, 5.41) is 13.1. The highest BCUT2D eigenvalue weighted by Crippen LogP contribution is 2.31. The van der Waals surface area contributed by atoms with E-state index < -0.39 is 0 Å². The van der Waals surface area contributed by atoms with Crippen molar-refractivity contribution in [3.63, 3.8) is 0 Å². The molecule has 1 aliphatic rings. The smallest absolute Gasteiger partial charge is 0.317 e. The predicted octanol–water partition coefficient (Wildman–Crippen LogP) is 5.11. The number of benzene rings is 3. The predicted molar refractivity (Wildman–Crippen MR) is 153 cm³/mol. The van der Waals surface area contributed by atoms with Gasteiger partial charge in [-0.2, -0.15) is 0 Å². The Morgan fingerprint density at radius 1 is 1.00 bits per heavy atom. The molecule has 2 N–H and O–H groups in total. The highest BCUT2D eigenvalue weighted by Gasteiger charge is 2.31. The van der Waals surface area contributed by atoms with E-state index in [1.165, 1.54) is 0 Å². The molecule has 0 radical (unpaired) electrons. The largest absolute Gasteiger partial charge is 0.394 e. The Kier molecular flexibility index (Phi) is 9.38. The number of rotatable bonds is 6. The van der Waals surface area contributed by atoms with Crippen LogP contribution in [0.15, 0.2) is 78.9 Å². The molecule has 4 atom stereocenters. The van der Waals surface area contributed by atoms with Crippen molar-refractivity contribution in [1.82, 2.24) is 15.1 Å². The number of nitrogens with zero attached hydrogens (tertiary/aromatic N) is 2. The van der Waals surface area contributed by atoms with Crippen LogP contribution in [-0.4, -0.2) is 65.7 Å². The van der Waals surface area contributed by atoms with Crippen LogP contribution in [0.25, 0.3) is 11.1 Å². The summed E-state index contributed by atoms with van der Waals surface area (Å²) in [6.45, 7) is 6.76. The van der Waals surface area contributed by atoms with Gasteiger partial charge in [0.25, 0.3) is 5.91 Å². The SMILES string of the molecule is C[C@H](NC(=O)N(C)C[C@@H]1OCc2ccccc2-c2ccccc2C(=O)N([C@H](C)CO)C[C@H]1C)c1ccccc1. The van der Waals surface area contributed by atoms with Gasteiger partial charge in [0.2, 0.25) is 0 Å². The van der Waals surface area contributed by atoms with Gasteiger partial charge < -0.3 is 25.0 Å². The van der Waals surface area contributed by atoms with Gasteiger partial charge in [-0.15, -0.1) is 0 Å². The van der Waals surface area contributed by atoms with Crippen LogP contribution >= 0.6 is 0 Å². The van der Waals surface area contributed by atoms with Crippen LogP contribution in [0.2, 0.25) is 0 Å². The van der Waals surface area contributed by atoms with Gasteiger partial charge in [0.15, 0.2) is 0 Å². The second kappa shape index (κ2) is 12.9. The van der Waals surface area contributed by atoms with Gasteiger partial charge in [-0.25, -0.2) is 4.79 Å². The molecular formula is C32H39N3O4. The van der Waals surface area contributed by atoms with Crippen molar-refractivity contribution >= 4 is 11.9 Å². The van der Waals surface area contributed by atoms with Crippen molar-refractivity contribution in [3.8, 4) is 11.1 Å². The Morgan fingerprint density at radius 3 is 2.31 bits per heavy atom. The van der Waals surface area contributed by atoms with Crippen LogP contribution in [0.5, 0.6) is 0 Å². The van der Waals surface area contributed by atoms with E-state index in [0.29, 0.717) is 25.3 Å². The van der Waals surface area contributed by atoms with E-state index >= 15 is 0 Å². The van der Waals surface area contributed by atoms with Crippen molar-refractivity contribution in [2.75, 3.05) is 26.7 Å². The van der Waals surface area contributed by atoms with E-state index in [-0.39, 0.29) is 42.7 Å². The summed E-state index contributed by atoms with van der Waals surface area (Å²) in [6.07, 6.45) is -0.344. The first kappa shape index (κ1) is 28.3. The number of carbonyl (C=O) groups is 2. The average molecular weight is 530 g/mol. The van der Waals surface area contributed by atoms with Crippen LogP contribution in [0, 0.1) is 5.92 Å². The van der Waals surface area contributed by atoms with Crippen LogP contribution < -0.4 is 5.32 Å². The first-order valence-electron chi connectivity index (χ1n) is 13.6. The number of likely N-dealkylation sites (N-methyl/N-ethyl adjacent to an activating group) is 1. The van der Waals surface area contributed by atoms with Gasteiger partial charge in [-0.05, 0) is 42.2 Å². The first-order valence-corrected chi connectivity index (χ1v) is 13.6. The summed E-state index contributed by atoms with van der Waals surface area (Å²) in [4.78, 5) is 30.4. The van der Waals surface area contributed by atoms with E-state index in [2.05, 4.69) is 5.32 Å². The van der Waals surface area contributed by atoms with Gasteiger partial charge in [-0.3, -0.25) is 4.79 Å². The maximum Gasteiger partial charge on any atom is 0.317 e. The molecule has 0 bridgehead atoms. The molecule has 7 heteroatoms. The highest BCUT2D eigenvalue weighted by molar-refractivity contribution is 6.01. The Hall–Kier alpha value is -3.68. The molecule has 4 rings (SSSR count). The summed E-state index contributed by atoms with van der Waals surface area (Å²) in [5.41, 5.74) is 4.39. The first-order chi connectivity index (χ1) is 18.8. The monoisotopic (exact) mass is 529 g/mol. The zero-order valence-electron chi connectivity index (χ0n) is 23.2. The highest BCUT2D eigenvalue weighted by atomic mass is 16.5. The molecule has 206 valence electrons. The Morgan fingerprint density at radius 2 is 1.62 bits per heavy atom. The molecule has 3 aromatic rings. The summed E-state index contributed by atoms with van der Waals surface area (Å²) >= 11 is 0. The lowest BCUT2D eigenvalue weighted by Crippen LogP contribution is -2.49. The van der Waals surface area contributed by atoms with Gasteiger partial charge in [-0.1, -0.05) is 79.7 Å². The molecule has 0 spiro atoms. The molecule has 0 fully saturated rings. The van der Waals surface area contributed by atoms with Crippen molar-refractivity contribution in [3.05, 3.63) is 95.6 Å². The van der Waals surface area contributed by atoms with E-state index in [1.807, 2.05) is 99.6 Å². The third-order valence-corrected chi connectivity index (χ3v) is 7.53. The molecule has 0 aromatic heterocycles. The number of fused-ring (bicyclic) bond motifs is 3. The van der Waals surface area contributed by atoms with Crippen molar-refractivity contribution in [2.24, 2.45) is 5.92 Å². The number of amides is 3. The fraction of sp³-hybridized carbons (Fsp3) is 0.375. The summed E-state index contributed by atoms with van der Waals surface area (Å²) in [6, 6.07) is 24.7. The number of urea groups is 1. The number of aliphatic hydroxyl groups excluding tert-OH is 1. The minimum Gasteiger partial charge on any atom is -0.394 e. The minimum atomic E-state index is -0.377. The molecule has 0 aliphatic carbocycles. The number of aliphatic hydroxyl groups is 1. The zero-order valence-corrected chi connectivity index (χ0v) is 23.2. The number of hydrogen-bond acceptors (Lipinski definition) is 4.